The normalized spacial score (nSPS) is 16.2. The van der Waals surface area contributed by atoms with Crippen LogP contribution in [0.3, 0.4) is 0 Å². The molecule has 0 atom stereocenters. The van der Waals surface area contributed by atoms with Crippen LogP contribution in [0.25, 0.3) is 11.3 Å². The Balaban J connectivity index is 1.38. The molecule has 4 N–H and O–H groups in total. The van der Waals surface area contributed by atoms with Crippen LogP contribution < -0.4 is 16.4 Å². The number of benzene rings is 1. The van der Waals surface area contributed by atoms with Gasteiger partial charge >= 0.3 is 0 Å². The summed E-state index contributed by atoms with van der Waals surface area (Å²) in [6, 6.07) is 8.28. The predicted octanol–water partition coefficient (Wildman–Crippen LogP) is 1.91. The van der Waals surface area contributed by atoms with Crippen LogP contribution in [-0.4, -0.2) is 59.2 Å². The number of fused-ring (bicyclic) bond motifs is 1. The van der Waals surface area contributed by atoms with E-state index in [1.807, 2.05) is 17.5 Å². The highest BCUT2D eigenvalue weighted by Crippen LogP contribution is 2.28. The van der Waals surface area contributed by atoms with E-state index >= 15 is 0 Å². The molecule has 0 bridgehead atoms. The SMILES string of the molecule is CN1C(=O)C(NCC(=O)Nc2nc(-c3ccc(C(C)(C)C)cc3)cs2)=C(N)N2CCN=C12. The lowest BCUT2D eigenvalue weighted by Gasteiger charge is -2.33. The van der Waals surface area contributed by atoms with E-state index in [2.05, 4.69) is 53.5 Å². The number of hydrogen-bond acceptors (Lipinski definition) is 8. The maximum Gasteiger partial charge on any atom is 0.280 e. The Labute approximate surface area is 191 Å². The fraction of sp³-hybridized carbons (Fsp3) is 0.364. The number of nitrogens with one attached hydrogen (secondary N) is 2. The van der Waals surface area contributed by atoms with Gasteiger partial charge in [0.05, 0.1) is 18.8 Å². The van der Waals surface area contributed by atoms with Crippen LogP contribution in [0.1, 0.15) is 26.3 Å². The number of nitrogens with two attached hydrogens (primary N) is 1. The number of nitrogens with zero attached hydrogens (tertiary/aromatic N) is 4. The molecule has 1 aromatic heterocycles. The summed E-state index contributed by atoms with van der Waals surface area (Å²) in [7, 11) is 1.64. The molecule has 2 aliphatic rings. The van der Waals surface area contributed by atoms with Crippen molar-refractivity contribution in [3.63, 3.8) is 0 Å². The number of carbonyl (C=O) groups excluding carboxylic acids is 2. The standard InChI is InChI=1S/C22H27N7O2S/c1-22(2,3)14-7-5-13(6-8-14)15-12-32-20(26-15)27-16(30)11-25-17-18(23)29-10-9-24-21(29)28(4)19(17)31/h5-8,12,25H,9-11,23H2,1-4H3,(H,26,27,30). The second-order valence-electron chi connectivity index (χ2n) is 8.72. The first-order valence-electron chi connectivity index (χ1n) is 10.3. The van der Waals surface area contributed by atoms with E-state index in [0.29, 0.717) is 24.2 Å². The van der Waals surface area contributed by atoms with Crippen molar-refractivity contribution in [3.05, 3.63) is 46.7 Å². The Bertz CT molecular complexity index is 1110. The smallest absolute Gasteiger partial charge is 0.280 e. The maximum atomic E-state index is 12.6. The molecule has 9 nitrogen and oxygen atoms in total. The van der Waals surface area contributed by atoms with Crippen LogP contribution in [0.2, 0.25) is 0 Å². The number of guanidine groups is 1. The van der Waals surface area contributed by atoms with E-state index in [1.165, 1.54) is 21.8 Å². The summed E-state index contributed by atoms with van der Waals surface area (Å²) in [5, 5.41) is 8.05. The molecule has 168 valence electrons. The largest absolute Gasteiger partial charge is 0.383 e. The van der Waals surface area contributed by atoms with Gasteiger partial charge in [-0.05, 0) is 11.0 Å². The van der Waals surface area contributed by atoms with Gasteiger partial charge in [-0.25, -0.2) is 4.98 Å². The van der Waals surface area contributed by atoms with Crippen LogP contribution in [-0.2, 0) is 15.0 Å². The van der Waals surface area contributed by atoms with E-state index in [4.69, 9.17) is 5.73 Å². The Morgan fingerprint density at radius 2 is 1.97 bits per heavy atom. The average molecular weight is 454 g/mol. The summed E-state index contributed by atoms with van der Waals surface area (Å²) in [6.07, 6.45) is 0. The molecule has 0 radical (unpaired) electrons. The molecule has 0 aliphatic carbocycles. The number of thiazole rings is 1. The Morgan fingerprint density at radius 1 is 1.25 bits per heavy atom. The molecule has 0 saturated heterocycles. The monoisotopic (exact) mass is 453 g/mol. The third-order valence-electron chi connectivity index (χ3n) is 5.41. The van der Waals surface area contributed by atoms with Crippen molar-refractivity contribution in [3.8, 4) is 11.3 Å². The molecule has 1 aromatic carbocycles. The van der Waals surface area contributed by atoms with Crippen molar-refractivity contribution in [2.45, 2.75) is 26.2 Å². The zero-order valence-corrected chi connectivity index (χ0v) is 19.4. The van der Waals surface area contributed by atoms with E-state index in [-0.39, 0.29) is 35.3 Å². The molecular formula is C22H27N7O2S. The van der Waals surface area contributed by atoms with Crippen molar-refractivity contribution >= 4 is 34.2 Å². The molecule has 2 aromatic rings. The van der Waals surface area contributed by atoms with Gasteiger partial charge in [-0.1, -0.05) is 45.0 Å². The Hall–Kier alpha value is -3.40. The highest BCUT2D eigenvalue weighted by atomic mass is 32.1. The van der Waals surface area contributed by atoms with Gasteiger partial charge in [0.1, 0.15) is 11.5 Å². The molecule has 3 heterocycles. The van der Waals surface area contributed by atoms with Gasteiger partial charge < -0.3 is 16.4 Å². The molecule has 0 fully saturated rings. The van der Waals surface area contributed by atoms with Crippen molar-refractivity contribution in [2.24, 2.45) is 10.7 Å². The zero-order valence-electron chi connectivity index (χ0n) is 18.6. The van der Waals surface area contributed by atoms with Gasteiger partial charge in [0, 0.05) is 24.5 Å². The molecule has 32 heavy (non-hydrogen) atoms. The van der Waals surface area contributed by atoms with Gasteiger partial charge in [0.25, 0.3) is 5.91 Å². The van der Waals surface area contributed by atoms with E-state index in [1.54, 1.807) is 11.9 Å². The van der Waals surface area contributed by atoms with Crippen molar-refractivity contribution < 1.29 is 9.59 Å². The molecule has 2 aliphatic heterocycles. The zero-order chi connectivity index (χ0) is 23.0. The number of amides is 2. The predicted molar refractivity (Wildman–Crippen MR) is 126 cm³/mol. The number of aliphatic imine (C=N–C) groups is 1. The summed E-state index contributed by atoms with van der Waals surface area (Å²) < 4.78 is 0. The van der Waals surface area contributed by atoms with Gasteiger partial charge in [-0.2, -0.15) is 0 Å². The van der Waals surface area contributed by atoms with Crippen LogP contribution >= 0.6 is 11.3 Å². The fourth-order valence-electron chi connectivity index (χ4n) is 3.56. The topological polar surface area (TPSA) is 116 Å². The van der Waals surface area contributed by atoms with Gasteiger partial charge in [0.2, 0.25) is 11.9 Å². The minimum Gasteiger partial charge on any atom is -0.383 e. The van der Waals surface area contributed by atoms with Crippen LogP contribution in [0, 0.1) is 0 Å². The highest BCUT2D eigenvalue weighted by Gasteiger charge is 2.36. The quantitative estimate of drug-likeness (QED) is 0.637. The first-order chi connectivity index (χ1) is 15.1. The molecule has 0 unspecified atom stereocenters. The fourth-order valence-corrected chi connectivity index (χ4v) is 4.29. The van der Waals surface area contributed by atoms with Crippen LogP contribution in [0.5, 0.6) is 0 Å². The second kappa shape index (κ2) is 8.27. The average Bonchev–Trinajstić information content (AvgIpc) is 3.41. The lowest BCUT2D eigenvalue weighted by molar-refractivity contribution is -0.124. The van der Waals surface area contributed by atoms with Crippen molar-refractivity contribution in [1.29, 1.82) is 0 Å². The maximum absolute atomic E-state index is 12.6. The van der Waals surface area contributed by atoms with Gasteiger partial charge in [0.15, 0.2) is 5.13 Å². The molecule has 2 amide bonds. The first kappa shape index (κ1) is 21.8. The van der Waals surface area contributed by atoms with Crippen molar-refractivity contribution in [1.82, 2.24) is 20.1 Å². The Kier molecular flexibility index (Phi) is 5.64. The molecule has 10 heteroatoms. The van der Waals surface area contributed by atoms with Crippen LogP contribution in [0.15, 0.2) is 46.2 Å². The first-order valence-corrected chi connectivity index (χ1v) is 11.2. The number of carbonyl (C=O) groups is 2. The highest BCUT2D eigenvalue weighted by molar-refractivity contribution is 7.14. The Morgan fingerprint density at radius 3 is 2.66 bits per heavy atom. The van der Waals surface area contributed by atoms with Crippen LogP contribution in [0.4, 0.5) is 5.13 Å². The van der Waals surface area contributed by atoms with Crippen molar-refractivity contribution in [2.75, 3.05) is 32.0 Å². The summed E-state index contributed by atoms with van der Waals surface area (Å²) in [6.45, 7) is 7.60. The summed E-state index contributed by atoms with van der Waals surface area (Å²) in [4.78, 5) is 37.0. The van der Waals surface area contributed by atoms with E-state index in [9.17, 15) is 9.59 Å². The number of rotatable bonds is 5. The minimum absolute atomic E-state index is 0.0865. The molecular weight excluding hydrogens is 426 g/mol. The number of aromatic nitrogens is 1. The summed E-state index contributed by atoms with van der Waals surface area (Å²) in [5.74, 6) is 0.189. The molecule has 0 spiro atoms. The van der Waals surface area contributed by atoms with E-state index in [0.717, 1.165) is 11.3 Å². The number of hydrogen-bond donors (Lipinski definition) is 3. The molecule has 4 rings (SSSR count). The lowest BCUT2D eigenvalue weighted by Crippen LogP contribution is -2.53. The second-order valence-corrected chi connectivity index (χ2v) is 9.58. The lowest BCUT2D eigenvalue weighted by atomic mass is 9.86. The van der Waals surface area contributed by atoms with E-state index < -0.39 is 0 Å². The summed E-state index contributed by atoms with van der Waals surface area (Å²) in [5.41, 5.74) is 9.46. The van der Waals surface area contributed by atoms with Gasteiger partial charge in [-0.3, -0.25) is 24.4 Å². The number of anilines is 1. The third-order valence-corrected chi connectivity index (χ3v) is 6.16. The van der Waals surface area contributed by atoms with Gasteiger partial charge in [-0.15, -0.1) is 11.3 Å². The molecule has 0 saturated carbocycles. The summed E-state index contributed by atoms with van der Waals surface area (Å²) >= 11 is 1.35. The minimum atomic E-state index is -0.317. The number of likely N-dealkylation sites (N-methyl/N-ethyl adjacent to an activating group) is 1. The third kappa shape index (κ3) is 4.18.